The van der Waals surface area contributed by atoms with Crippen molar-refractivity contribution in [3.63, 3.8) is 0 Å². The van der Waals surface area contributed by atoms with Crippen LogP contribution in [0.25, 0.3) is 0 Å². The average Bonchev–Trinajstić information content (AvgIpc) is 3.32. The topological polar surface area (TPSA) is 43.8 Å². The predicted molar refractivity (Wildman–Crippen MR) is 164 cm³/mol. The lowest BCUT2D eigenvalue weighted by Crippen LogP contribution is -2.67. The van der Waals surface area contributed by atoms with Gasteiger partial charge in [-0.1, -0.05) is 53.7 Å². The number of hydrogen-bond acceptors (Lipinski definition) is 3. The number of rotatable bonds is 3. The van der Waals surface area contributed by atoms with E-state index in [1.165, 1.54) is 44.1 Å². The number of likely N-dealkylation sites (N-methyl/N-ethyl adjacent to an activating group) is 1. The Hall–Kier alpha value is -0.870. The summed E-state index contributed by atoms with van der Waals surface area (Å²) in [7, 11) is 0. The second kappa shape index (κ2) is 9.57. The van der Waals surface area contributed by atoms with E-state index in [1.807, 2.05) is 0 Å². The van der Waals surface area contributed by atoms with Gasteiger partial charge >= 0.3 is 0 Å². The largest absolute Gasteiger partial charge is 0.393 e. The number of fused-ring (bicyclic) bond motifs is 7. The lowest BCUT2D eigenvalue weighted by molar-refractivity contribution is -0.247. The molecule has 0 spiro atoms. The third-order valence-electron chi connectivity index (χ3n) is 15.6. The van der Waals surface area contributed by atoms with E-state index in [0.717, 1.165) is 58.4 Å². The Bertz CT molecular complexity index is 1030. The van der Waals surface area contributed by atoms with Crippen LogP contribution in [0.2, 0.25) is 0 Å². The molecule has 1 N–H and O–H groups in total. The summed E-state index contributed by atoms with van der Waals surface area (Å²) in [5.74, 6) is 3.36. The van der Waals surface area contributed by atoms with Gasteiger partial charge in [0.15, 0.2) is 0 Å². The van der Waals surface area contributed by atoms with Crippen molar-refractivity contribution >= 4 is 5.91 Å². The summed E-state index contributed by atoms with van der Waals surface area (Å²) in [5.41, 5.74) is 2.00. The molecule has 5 aliphatic carbocycles. The highest BCUT2D eigenvalue weighted by molar-refractivity contribution is 5.84. The Kier molecular flexibility index (Phi) is 6.99. The van der Waals surface area contributed by atoms with Crippen LogP contribution in [-0.2, 0) is 4.79 Å². The minimum Gasteiger partial charge on any atom is -0.393 e. The summed E-state index contributed by atoms with van der Waals surface area (Å²) in [5, 5.41) is 11.0. The molecule has 6 rings (SSSR count). The Morgan fingerprint density at radius 1 is 0.825 bits per heavy atom. The molecule has 0 aromatic heterocycles. The Labute approximate surface area is 245 Å². The first kappa shape index (κ1) is 29.2. The maximum atomic E-state index is 14.7. The van der Waals surface area contributed by atoms with Gasteiger partial charge < -0.3 is 14.9 Å². The number of allylic oxidation sites excluding steroid dienone is 1. The van der Waals surface area contributed by atoms with E-state index in [-0.39, 0.29) is 22.3 Å². The van der Waals surface area contributed by atoms with Gasteiger partial charge in [-0.15, -0.1) is 0 Å². The highest BCUT2D eigenvalue weighted by Crippen LogP contribution is 2.77. The third kappa shape index (κ3) is 3.72. The third-order valence-corrected chi connectivity index (χ3v) is 15.6. The normalized spacial score (nSPS) is 50.4. The molecule has 4 nitrogen and oxygen atoms in total. The minimum atomic E-state index is -0.177. The van der Waals surface area contributed by atoms with E-state index in [1.54, 1.807) is 0 Å². The molecule has 0 aromatic rings. The first-order valence-corrected chi connectivity index (χ1v) is 17.1. The molecule has 1 heterocycles. The van der Waals surface area contributed by atoms with Crippen LogP contribution in [0.4, 0.5) is 0 Å². The molecule has 4 heteroatoms. The predicted octanol–water partition coefficient (Wildman–Crippen LogP) is 7.17. The molecule has 40 heavy (non-hydrogen) atoms. The van der Waals surface area contributed by atoms with Crippen molar-refractivity contribution in [3.05, 3.63) is 12.2 Å². The molecule has 5 saturated carbocycles. The number of piperazine rings is 1. The van der Waals surface area contributed by atoms with E-state index in [0.29, 0.717) is 46.3 Å². The highest BCUT2D eigenvalue weighted by atomic mass is 16.3. The van der Waals surface area contributed by atoms with Gasteiger partial charge in [-0.25, -0.2) is 0 Å². The van der Waals surface area contributed by atoms with Crippen LogP contribution in [0.15, 0.2) is 12.2 Å². The molecule has 1 unspecified atom stereocenters. The van der Waals surface area contributed by atoms with Crippen LogP contribution in [-0.4, -0.2) is 59.6 Å². The molecule has 0 aromatic carbocycles. The van der Waals surface area contributed by atoms with Gasteiger partial charge in [-0.05, 0) is 129 Å². The minimum absolute atomic E-state index is 0.00147. The number of nitrogens with zero attached hydrogens (tertiary/aromatic N) is 2. The molecule has 6 fully saturated rings. The maximum absolute atomic E-state index is 14.7. The Morgan fingerprint density at radius 2 is 1.52 bits per heavy atom. The molecule has 0 bridgehead atoms. The molecule has 6 aliphatic rings. The van der Waals surface area contributed by atoms with Crippen molar-refractivity contribution in [1.29, 1.82) is 0 Å². The summed E-state index contributed by atoms with van der Waals surface area (Å²) in [6.07, 6.45) is 11.6. The van der Waals surface area contributed by atoms with Gasteiger partial charge in [-0.2, -0.15) is 0 Å². The van der Waals surface area contributed by atoms with Crippen molar-refractivity contribution < 1.29 is 9.90 Å². The quantitative estimate of drug-likeness (QED) is 0.378. The standard InChI is InChI=1S/C36H60N2O2/c1-9-37-20-22-38(23-21-37)31(40)36-17-12-25(24(2)3)30(36)26-10-11-28-33(6)15-14-29(39)32(4,5)27(33)13-16-35(28,8)34(26,7)18-19-36/h25-30,39H,2,9-23H2,1,3-8H3/t25-,26+,27-,28+,29-,30?,33-,34+,35+,36-/m0/s1. The molecule has 1 aliphatic heterocycles. The Morgan fingerprint density at radius 3 is 2.17 bits per heavy atom. The molecular weight excluding hydrogens is 492 g/mol. The fourth-order valence-electron chi connectivity index (χ4n) is 13.1. The number of carbonyl (C=O) groups excluding carboxylic acids is 1. The zero-order valence-corrected chi connectivity index (χ0v) is 27.0. The van der Waals surface area contributed by atoms with Crippen molar-refractivity contribution in [2.75, 3.05) is 32.7 Å². The summed E-state index contributed by atoms with van der Waals surface area (Å²) < 4.78 is 0. The fourth-order valence-corrected chi connectivity index (χ4v) is 13.1. The number of amides is 1. The van der Waals surface area contributed by atoms with E-state index >= 15 is 0 Å². The molecule has 0 radical (unpaired) electrons. The lowest BCUT2D eigenvalue weighted by Gasteiger charge is -2.73. The van der Waals surface area contributed by atoms with Gasteiger partial charge in [0.1, 0.15) is 0 Å². The smallest absolute Gasteiger partial charge is 0.229 e. The van der Waals surface area contributed by atoms with Crippen LogP contribution >= 0.6 is 0 Å². The zero-order chi connectivity index (χ0) is 28.9. The highest BCUT2D eigenvalue weighted by Gasteiger charge is 2.72. The average molecular weight is 553 g/mol. The van der Waals surface area contributed by atoms with Gasteiger partial charge in [0, 0.05) is 26.2 Å². The zero-order valence-electron chi connectivity index (χ0n) is 27.0. The van der Waals surface area contributed by atoms with Crippen molar-refractivity contribution in [2.24, 2.45) is 56.7 Å². The molecule has 1 saturated heterocycles. The maximum Gasteiger partial charge on any atom is 0.229 e. The van der Waals surface area contributed by atoms with Crippen molar-refractivity contribution in [3.8, 4) is 0 Å². The first-order chi connectivity index (χ1) is 18.8. The van der Waals surface area contributed by atoms with Gasteiger partial charge in [0.25, 0.3) is 0 Å². The molecule has 10 atom stereocenters. The van der Waals surface area contributed by atoms with Crippen LogP contribution in [0, 0.1) is 56.7 Å². The van der Waals surface area contributed by atoms with Crippen LogP contribution in [0.3, 0.4) is 0 Å². The molecule has 1 amide bonds. The number of aliphatic hydroxyl groups is 1. The van der Waals surface area contributed by atoms with Crippen molar-refractivity contribution in [2.45, 2.75) is 119 Å². The van der Waals surface area contributed by atoms with Gasteiger partial charge in [0.2, 0.25) is 5.91 Å². The van der Waals surface area contributed by atoms with Gasteiger partial charge in [0.05, 0.1) is 11.5 Å². The lowest BCUT2D eigenvalue weighted by atomic mass is 9.32. The summed E-state index contributed by atoms with van der Waals surface area (Å²) >= 11 is 0. The van der Waals surface area contributed by atoms with Crippen molar-refractivity contribution in [1.82, 2.24) is 9.80 Å². The van der Waals surface area contributed by atoms with E-state index < -0.39 is 0 Å². The number of carbonyl (C=O) groups is 1. The second-order valence-corrected chi connectivity index (χ2v) is 16.9. The first-order valence-electron chi connectivity index (χ1n) is 17.1. The summed E-state index contributed by atoms with van der Waals surface area (Å²) in [4.78, 5) is 19.4. The summed E-state index contributed by atoms with van der Waals surface area (Å²) in [6.45, 7) is 26.7. The Balaban J connectivity index is 1.35. The number of hydrogen-bond donors (Lipinski definition) is 1. The van der Waals surface area contributed by atoms with Crippen LogP contribution in [0.5, 0.6) is 0 Å². The SMILES string of the molecule is C=C(C)[C@@H]1CC[C@]2(C(=O)N3CCN(CC)CC3)CC[C@]3(C)[C@H](CC[C@@H]4[C@@]5(C)CC[C@H](O)C(C)(C)[C@@H]5CC[C@]43C)C12. The van der Waals surface area contributed by atoms with E-state index in [9.17, 15) is 9.90 Å². The molecule has 226 valence electrons. The monoisotopic (exact) mass is 552 g/mol. The number of aliphatic hydroxyl groups excluding tert-OH is 1. The summed E-state index contributed by atoms with van der Waals surface area (Å²) in [6, 6.07) is 0. The fraction of sp³-hybridized carbons (Fsp3) is 0.917. The van der Waals surface area contributed by atoms with Gasteiger partial charge in [-0.3, -0.25) is 4.79 Å². The molecular formula is C36H60N2O2. The van der Waals surface area contributed by atoms with E-state index in [4.69, 9.17) is 0 Å². The van der Waals surface area contributed by atoms with E-state index in [2.05, 4.69) is 64.8 Å². The van der Waals surface area contributed by atoms with Crippen LogP contribution < -0.4 is 0 Å². The second-order valence-electron chi connectivity index (χ2n) is 16.9. The van der Waals surface area contributed by atoms with Crippen LogP contribution in [0.1, 0.15) is 113 Å².